The van der Waals surface area contributed by atoms with E-state index < -0.39 is 0 Å². The van der Waals surface area contributed by atoms with E-state index in [0.717, 1.165) is 0 Å². The van der Waals surface area contributed by atoms with E-state index in [1.165, 1.54) is 25.3 Å². The molecule has 0 aliphatic rings. The van der Waals surface area contributed by atoms with Gasteiger partial charge in [0.2, 0.25) is 0 Å². The molecule has 92 valence electrons. The predicted molar refractivity (Wildman–Crippen MR) is 65.4 cm³/mol. The van der Waals surface area contributed by atoms with Crippen molar-refractivity contribution in [2.24, 2.45) is 0 Å². The van der Waals surface area contributed by atoms with Crippen LogP contribution in [0.25, 0.3) is 11.1 Å². The first-order valence-corrected chi connectivity index (χ1v) is 5.28. The standard InChI is InChI=1S/C14H11FO3/c1-18-13-7-10(5-11(8-16)14(13)17)9-3-2-4-12(15)6-9/h2-8,17H,1H3. The molecule has 0 heterocycles. The normalized spacial score (nSPS) is 10.1. The smallest absolute Gasteiger partial charge is 0.168 e. The average molecular weight is 246 g/mol. The summed E-state index contributed by atoms with van der Waals surface area (Å²) in [5, 5.41) is 9.68. The Morgan fingerprint density at radius 3 is 2.61 bits per heavy atom. The SMILES string of the molecule is COc1cc(-c2cccc(F)c2)cc(C=O)c1O. The number of hydrogen-bond acceptors (Lipinski definition) is 3. The molecule has 18 heavy (non-hydrogen) atoms. The molecule has 1 N–H and O–H groups in total. The number of rotatable bonds is 3. The van der Waals surface area contributed by atoms with Crippen molar-refractivity contribution >= 4 is 6.29 Å². The highest BCUT2D eigenvalue weighted by Gasteiger charge is 2.11. The summed E-state index contributed by atoms with van der Waals surface area (Å²) in [6.07, 6.45) is 0.528. The maximum Gasteiger partial charge on any atom is 0.168 e. The maximum atomic E-state index is 13.1. The minimum Gasteiger partial charge on any atom is -0.504 e. The van der Waals surface area contributed by atoms with Gasteiger partial charge in [0.15, 0.2) is 17.8 Å². The highest BCUT2D eigenvalue weighted by molar-refractivity contribution is 5.85. The molecule has 0 unspecified atom stereocenters. The Morgan fingerprint density at radius 2 is 2.00 bits per heavy atom. The van der Waals surface area contributed by atoms with E-state index >= 15 is 0 Å². The fourth-order valence-electron chi connectivity index (χ4n) is 1.71. The third-order valence-electron chi connectivity index (χ3n) is 2.61. The molecule has 2 aromatic rings. The van der Waals surface area contributed by atoms with E-state index in [4.69, 9.17) is 4.74 Å². The van der Waals surface area contributed by atoms with Crippen molar-refractivity contribution in [3.05, 3.63) is 47.8 Å². The minimum atomic E-state index is -0.368. The van der Waals surface area contributed by atoms with Crippen molar-refractivity contribution in [1.29, 1.82) is 0 Å². The Labute approximate surface area is 103 Å². The highest BCUT2D eigenvalue weighted by atomic mass is 19.1. The summed E-state index contributed by atoms with van der Waals surface area (Å²) in [5.74, 6) is -0.404. The molecular weight excluding hydrogens is 235 g/mol. The van der Waals surface area contributed by atoms with Gasteiger partial charge in [0, 0.05) is 0 Å². The molecule has 0 atom stereocenters. The molecule has 2 aromatic carbocycles. The van der Waals surface area contributed by atoms with Crippen LogP contribution in [0, 0.1) is 5.82 Å². The van der Waals surface area contributed by atoms with Crippen molar-refractivity contribution in [1.82, 2.24) is 0 Å². The minimum absolute atomic E-state index is 0.105. The van der Waals surface area contributed by atoms with Gasteiger partial charge in [-0.15, -0.1) is 0 Å². The van der Waals surface area contributed by atoms with Gasteiger partial charge in [-0.1, -0.05) is 12.1 Å². The highest BCUT2D eigenvalue weighted by Crippen LogP contribution is 2.34. The van der Waals surface area contributed by atoms with Crippen molar-refractivity contribution < 1.29 is 19.0 Å². The summed E-state index contributed by atoms with van der Waals surface area (Å²) in [6.45, 7) is 0. The third kappa shape index (κ3) is 2.18. The number of aromatic hydroxyl groups is 1. The van der Waals surface area contributed by atoms with Gasteiger partial charge in [-0.25, -0.2) is 4.39 Å². The number of benzene rings is 2. The fourth-order valence-corrected chi connectivity index (χ4v) is 1.71. The number of phenols is 1. The zero-order chi connectivity index (χ0) is 13.1. The first-order chi connectivity index (χ1) is 8.65. The molecule has 0 amide bonds. The first-order valence-electron chi connectivity index (χ1n) is 5.28. The quantitative estimate of drug-likeness (QED) is 0.847. The third-order valence-corrected chi connectivity index (χ3v) is 2.61. The molecule has 0 aliphatic carbocycles. The molecular formula is C14H11FO3. The second kappa shape index (κ2) is 4.87. The second-order valence-corrected chi connectivity index (χ2v) is 3.74. The lowest BCUT2D eigenvalue weighted by Gasteiger charge is -2.09. The molecule has 0 bridgehead atoms. The maximum absolute atomic E-state index is 13.1. The van der Waals surface area contributed by atoms with E-state index in [2.05, 4.69) is 0 Å². The summed E-state index contributed by atoms with van der Waals surface area (Å²) < 4.78 is 18.1. The Kier molecular flexibility index (Phi) is 3.28. The Hall–Kier alpha value is -2.36. The van der Waals surface area contributed by atoms with Gasteiger partial charge in [0.25, 0.3) is 0 Å². The van der Waals surface area contributed by atoms with Gasteiger partial charge >= 0.3 is 0 Å². The van der Waals surface area contributed by atoms with Crippen LogP contribution < -0.4 is 4.74 Å². The summed E-state index contributed by atoms with van der Waals surface area (Å²) in [4.78, 5) is 10.9. The van der Waals surface area contributed by atoms with Gasteiger partial charge < -0.3 is 9.84 Å². The lowest BCUT2D eigenvalue weighted by Crippen LogP contribution is -1.91. The fraction of sp³-hybridized carbons (Fsp3) is 0.0714. The first kappa shape index (κ1) is 12.1. The van der Waals surface area contributed by atoms with Crippen LogP contribution in [-0.2, 0) is 0 Å². The lowest BCUT2D eigenvalue weighted by atomic mass is 10.0. The summed E-state index contributed by atoms with van der Waals surface area (Å²) in [6, 6.07) is 9.01. The van der Waals surface area contributed by atoms with E-state index in [0.29, 0.717) is 17.4 Å². The number of carbonyl (C=O) groups is 1. The monoisotopic (exact) mass is 246 g/mol. The summed E-state index contributed by atoms with van der Waals surface area (Å²) >= 11 is 0. The lowest BCUT2D eigenvalue weighted by molar-refractivity contribution is 0.112. The van der Waals surface area contributed by atoms with Gasteiger partial charge in [-0.2, -0.15) is 0 Å². The predicted octanol–water partition coefficient (Wildman–Crippen LogP) is 3.02. The molecule has 0 saturated heterocycles. The van der Waals surface area contributed by atoms with Crippen LogP contribution in [0.1, 0.15) is 10.4 Å². The van der Waals surface area contributed by atoms with Gasteiger partial charge in [0.05, 0.1) is 12.7 Å². The van der Waals surface area contributed by atoms with E-state index in [1.54, 1.807) is 18.2 Å². The van der Waals surface area contributed by atoms with Crippen molar-refractivity contribution in [3.8, 4) is 22.6 Å². The number of methoxy groups -OCH3 is 1. The molecule has 2 rings (SSSR count). The zero-order valence-corrected chi connectivity index (χ0v) is 9.68. The molecule has 0 radical (unpaired) electrons. The number of ether oxygens (including phenoxy) is 1. The molecule has 0 aliphatic heterocycles. The van der Waals surface area contributed by atoms with Crippen molar-refractivity contribution in [2.45, 2.75) is 0 Å². The largest absolute Gasteiger partial charge is 0.504 e. The Morgan fingerprint density at radius 1 is 1.22 bits per heavy atom. The second-order valence-electron chi connectivity index (χ2n) is 3.74. The van der Waals surface area contributed by atoms with Crippen LogP contribution >= 0.6 is 0 Å². The van der Waals surface area contributed by atoms with Gasteiger partial charge in [-0.3, -0.25) is 4.79 Å². The Balaban J connectivity index is 2.61. The van der Waals surface area contributed by atoms with Crippen LogP contribution in [0.4, 0.5) is 4.39 Å². The number of halogens is 1. The van der Waals surface area contributed by atoms with Crippen LogP contribution in [-0.4, -0.2) is 18.5 Å². The van der Waals surface area contributed by atoms with Crippen LogP contribution in [0.15, 0.2) is 36.4 Å². The van der Waals surface area contributed by atoms with E-state index in [9.17, 15) is 14.3 Å². The summed E-state index contributed by atoms with van der Waals surface area (Å²) in [7, 11) is 1.39. The Bertz CT molecular complexity index is 594. The number of hydrogen-bond donors (Lipinski definition) is 1. The molecule has 0 saturated carbocycles. The molecule has 4 heteroatoms. The zero-order valence-electron chi connectivity index (χ0n) is 9.68. The van der Waals surface area contributed by atoms with E-state index in [-0.39, 0.29) is 22.9 Å². The van der Waals surface area contributed by atoms with E-state index in [1.807, 2.05) is 0 Å². The molecule has 0 spiro atoms. The molecule has 3 nitrogen and oxygen atoms in total. The van der Waals surface area contributed by atoms with Crippen LogP contribution in [0.3, 0.4) is 0 Å². The van der Waals surface area contributed by atoms with Crippen molar-refractivity contribution in [2.75, 3.05) is 7.11 Å². The topological polar surface area (TPSA) is 46.5 Å². The average Bonchev–Trinajstić information content (AvgIpc) is 2.39. The van der Waals surface area contributed by atoms with Crippen LogP contribution in [0.5, 0.6) is 11.5 Å². The van der Waals surface area contributed by atoms with Crippen molar-refractivity contribution in [3.63, 3.8) is 0 Å². The van der Waals surface area contributed by atoms with Gasteiger partial charge in [-0.05, 0) is 35.4 Å². The number of phenolic OH excluding ortho intramolecular Hbond substituents is 1. The number of carbonyl (C=O) groups excluding carboxylic acids is 1. The number of aldehydes is 1. The van der Waals surface area contributed by atoms with Crippen LogP contribution in [0.2, 0.25) is 0 Å². The van der Waals surface area contributed by atoms with Gasteiger partial charge in [0.1, 0.15) is 5.82 Å². The molecule has 0 aromatic heterocycles. The molecule has 0 fully saturated rings. The summed E-state index contributed by atoms with van der Waals surface area (Å²) in [5.41, 5.74) is 1.32.